The quantitative estimate of drug-likeness (QED) is 0.290. The predicted octanol–water partition coefficient (Wildman–Crippen LogP) is 2.82. The van der Waals surface area contributed by atoms with Crippen molar-refractivity contribution in [1.29, 1.82) is 0 Å². The molecule has 0 aliphatic carbocycles. The van der Waals surface area contributed by atoms with Crippen LogP contribution >= 0.6 is 7.82 Å². The maximum Gasteiger partial charge on any atom is 0.571 e. The van der Waals surface area contributed by atoms with Gasteiger partial charge in [-0.2, -0.15) is 0 Å². The summed E-state index contributed by atoms with van der Waals surface area (Å²) in [7, 11) is -6.24. The molecule has 0 amide bonds. The predicted molar refractivity (Wildman–Crippen MR) is 135 cm³/mol. The monoisotopic (exact) mass is 492 g/mol. The molecule has 10 nitrogen and oxygen atoms in total. The molecule has 0 radical (unpaired) electrons. The lowest BCUT2D eigenvalue weighted by atomic mass is 10.00. The van der Waals surface area contributed by atoms with Crippen LogP contribution in [0.25, 0.3) is 21.5 Å². The fourth-order valence-electron chi connectivity index (χ4n) is 5.24. The molecule has 2 aromatic heterocycles. The van der Waals surface area contributed by atoms with Gasteiger partial charge in [0.15, 0.2) is 11.7 Å². The molecule has 2 N–H and O–H groups in total. The number of benzene rings is 3. The summed E-state index contributed by atoms with van der Waals surface area (Å²) < 4.78 is 21.0. The third-order valence-corrected chi connectivity index (χ3v) is 7.12. The van der Waals surface area contributed by atoms with Gasteiger partial charge in [0.1, 0.15) is 22.6 Å². The molecule has 0 atom stereocenters. The summed E-state index contributed by atoms with van der Waals surface area (Å²) in [6.07, 6.45) is 0. The van der Waals surface area contributed by atoms with Crippen molar-refractivity contribution in [3.63, 3.8) is 0 Å². The Bertz CT molecular complexity index is 2050. The molecular weight excluding hydrogens is 478 g/mol. The largest absolute Gasteiger partial charge is 0.571 e. The molecule has 3 aliphatic rings. The summed E-state index contributed by atoms with van der Waals surface area (Å²) in [5.74, 6) is 1.84. The van der Waals surface area contributed by atoms with Gasteiger partial charge in [-0.05, 0) is 0 Å². The summed E-state index contributed by atoms with van der Waals surface area (Å²) >= 11 is 0. The number of fused-ring (bicyclic) bond motifs is 10. The first kappa shape index (κ1) is 20.1. The molecule has 0 spiro atoms. The van der Waals surface area contributed by atoms with E-state index in [4.69, 9.17) is 24.4 Å². The first-order chi connectivity index (χ1) is 17.5. The summed E-state index contributed by atoms with van der Waals surface area (Å²) in [5, 5.41) is 3.08. The van der Waals surface area contributed by atoms with Crippen molar-refractivity contribution in [3.8, 4) is 0 Å². The second-order valence-electron chi connectivity index (χ2n) is 8.69. The minimum atomic E-state index is -4.96. The van der Waals surface area contributed by atoms with E-state index in [1.54, 1.807) is 8.96 Å². The Hall–Kier alpha value is -4.15. The molecule has 0 saturated heterocycles. The summed E-state index contributed by atoms with van der Waals surface area (Å²) in [4.78, 5) is 39.5. The molecule has 8 rings (SSSR count). The van der Waals surface area contributed by atoms with Crippen LogP contribution < -0.4 is 11.0 Å². The zero-order valence-electron chi connectivity index (χ0n) is 18.3. The molecule has 3 aromatic carbocycles. The normalized spacial score (nSPS) is 17.7. The van der Waals surface area contributed by atoms with Gasteiger partial charge in [-0.3, -0.25) is 0 Å². The van der Waals surface area contributed by atoms with Crippen molar-refractivity contribution < 1.29 is 18.8 Å². The van der Waals surface area contributed by atoms with Crippen molar-refractivity contribution in [2.24, 2.45) is 20.0 Å². The first-order valence-electron chi connectivity index (χ1n) is 11.2. The highest BCUT2D eigenvalue weighted by Crippen LogP contribution is 2.44. The zero-order valence-corrected chi connectivity index (χ0v) is 19.2. The Balaban J connectivity index is 1.66. The van der Waals surface area contributed by atoms with Crippen LogP contribution in [0.4, 0.5) is 11.6 Å². The third kappa shape index (κ3) is 2.60. The molecule has 172 valence electrons. The van der Waals surface area contributed by atoms with Gasteiger partial charge < -0.3 is 23.2 Å². The molecule has 0 fully saturated rings. The van der Waals surface area contributed by atoms with Gasteiger partial charge in [-0.25, -0.2) is 24.5 Å². The van der Waals surface area contributed by atoms with Crippen LogP contribution in [0.2, 0.25) is 0 Å². The number of phosphoric acid groups is 1. The van der Waals surface area contributed by atoms with Gasteiger partial charge >= 0.3 is 15.0 Å². The average molecular weight is 492 g/mol. The van der Waals surface area contributed by atoms with E-state index in [0.717, 1.165) is 32.7 Å². The fourth-order valence-corrected chi connectivity index (χ4v) is 5.67. The lowest BCUT2D eigenvalue weighted by Gasteiger charge is -2.22. The second kappa shape index (κ2) is 6.74. The second-order valence-corrected chi connectivity index (χ2v) is 9.88. The number of nitrogens with zero attached hydrogens (tertiary/aromatic N) is 6. The Labute approximate surface area is 202 Å². The molecule has 4 bridgehead atoms. The third-order valence-electron chi connectivity index (χ3n) is 6.66. The van der Waals surface area contributed by atoms with E-state index in [-0.39, 0.29) is 0 Å². The lowest BCUT2D eigenvalue weighted by Crippen LogP contribution is -2.49. The van der Waals surface area contributed by atoms with E-state index in [2.05, 4.69) is 0 Å². The van der Waals surface area contributed by atoms with Crippen molar-refractivity contribution >= 4 is 59.9 Å². The van der Waals surface area contributed by atoms with Gasteiger partial charge in [0, 0.05) is 32.7 Å². The van der Waals surface area contributed by atoms with Crippen LogP contribution in [0.5, 0.6) is 0 Å². The van der Waals surface area contributed by atoms with Crippen molar-refractivity contribution in [1.82, 2.24) is 8.96 Å². The van der Waals surface area contributed by atoms with Crippen LogP contribution in [-0.2, 0) is 9.01 Å². The van der Waals surface area contributed by atoms with Crippen LogP contribution in [0.1, 0.15) is 11.1 Å². The Morgan fingerprint density at radius 1 is 0.639 bits per heavy atom. The Morgan fingerprint density at radius 2 is 1.14 bits per heavy atom. The van der Waals surface area contributed by atoms with Crippen LogP contribution in [0.15, 0.2) is 92.8 Å². The molecular formula is C24H14BN6O4P. The van der Waals surface area contributed by atoms with Crippen LogP contribution in [0, 0.1) is 0 Å². The van der Waals surface area contributed by atoms with E-state index < -0.39 is 15.0 Å². The van der Waals surface area contributed by atoms with Gasteiger partial charge in [0.25, 0.3) is 0 Å². The number of amidine groups is 2. The molecule has 5 aromatic rings. The topological polar surface area (TPSA) is 126 Å². The Kier molecular flexibility index (Phi) is 3.76. The van der Waals surface area contributed by atoms with E-state index in [1.165, 1.54) is 0 Å². The first-order valence-corrected chi connectivity index (χ1v) is 12.7. The van der Waals surface area contributed by atoms with E-state index in [0.29, 0.717) is 34.3 Å². The van der Waals surface area contributed by atoms with Crippen LogP contribution in [-0.4, -0.2) is 37.6 Å². The minimum Gasteiger partial charge on any atom is -0.307 e. The SMILES string of the molecule is O=P(O)(O)OB1n2c3c4ccccc4c2/N=C2N=C(/N=c4/c5ccccc5c(n41)=N3)c1ccccc1\2. The number of hydrogen-bond donors (Lipinski definition) is 2. The molecule has 0 saturated carbocycles. The highest BCUT2D eigenvalue weighted by atomic mass is 31.2. The van der Waals surface area contributed by atoms with Gasteiger partial charge in [-0.15, -0.1) is 0 Å². The van der Waals surface area contributed by atoms with E-state index in [9.17, 15) is 14.4 Å². The average Bonchev–Trinajstić information content (AvgIpc) is 3.49. The van der Waals surface area contributed by atoms with Gasteiger partial charge in [0.2, 0.25) is 0 Å². The van der Waals surface area contributed by atoms with Crippen molar-refractivity contribution in [2.75, 3.05) is 0 Å². The molecule has 36 heavy (non-hydrogen) atoms. The maximum atomic E-state index is 12.3. The summed E-state index contributed by atoms with van der Waals surface area (Å²) in [5.41, 5.74) is 2.57. The van der Waals surface area contributed by atoms with Crippen LogP contribution in [0.3, 0.4) is 0 Å². The number of hydrogen-bond acceptors (Lipinski definition) is 6. The van der Waals surface area contributed by atoms with Crippen molar-refractivity contribution in [3.05, 3.63) is 94.9 Å². The number of aromatic nitrogens is 2. The smallest absolute Gasteiger partial charge is 0.307 e. The number of aliphatic imine (C=N–C) groups is 2. The standard InChI is InChI=1S/C24H14BN6O4P/c32-36(33,34)35-25-30-21-15-9-3-5-11-17(15)23(30)29-24-18-12-6-4-10-16(18)22(31(24)25)28-20-14-8-2-1-7-13(14)19(26-20)27-21/h1-12H,(H2,32,33,34)/b27-19-,27-21?,28-20?,28-22-. The van der Waals surface area contributed by atoms with Gasteiger partial charge in [-0.1, -0.05) is 72.8 Å². The summed E-state index contributed by atoms with van der Waals surface area (Å²) in [6, 6.07) is 22.9. The van der Waals surface area contributed by atoms with Gasteiger partial charge in [0.05, 0.1) is 0 Å². The zero-order chi connectivity index (χ0) is 24.2. The maximum absolute atomic E-state index is 12.3. The number of rotatable bonds is 2. The molecule has 3 aliphatic heterocycles. The van der Waals surface area contributed by atoms with E-state index >= 15 is 0 Å². The highest BCUT2D eigenvalue weighted by Gasteiger charge is 2.42. The minimum absolute atomic E-state index is 0.439. The van der Waals surface area contributed by atoms with E-state index in [1.807, 2.05) is 72.8 Å². The lowest BCUT2D eigenvalue weighted by molar-refractivity contribution is 0.279. The molecule has 0 unspecified atom stereocenters. The summed E-state index contributed by atoms with van der Waals surface area (Å²) in [6.45, 7) is 0. The highest BCUT2D eigenvalue weighted by molar-refractivity contribution is 7.47. The fraction of sp³-hybridized carbons (Fsp3) is 0. The van der Waals surface area contributed by atoms with Crippen molar-refractivity contribution in [2.45, 2.75) is 0 Å². The molecule has 5 heterocycles. The molecule has 12 heteroatoms. The Morgan fingerprint density at radius 3 is 1.75 bits per heavy atom.